The van der Waals surface area contributed by atoms with Gasteiger partial charge in [-0.25, -0.2) is 0 Å². The van der Waals surface area contributed by atoms with Crippen LogP contribution in [0.3, 0.4) is 0 Å². The zero-order valence-electron chi connectivity index (χ0n) is 14.3. The van der Waals surface area contributed by atoms with Crippen molar-refractivity contribution in [1.29, 1.82) is 0 Å². The van der Waals surface area contributed by atoms with Crippen molar-refractivity contribution in [2.45, 2.75) is 45.6 Å². The molecule has 2 aromatic carbocycles. The molecule has 2 nitrogen and oxygen atoms in total. The molecule has 0 atom stereocenters. The molecule has 0 fully saturated rings. The third kappa shape index (κ3) is 7.34. The number of aryl methyl sites for hydroxylation is 1. The summed E-state index contributed by atoms with van der Waals surface area (Å²) in [5, 5.41) is 3.50. The number of hydrogen-bond donors (Lipinski definition) is 1. The van der Waals surface area contributed by atoms with Crippen molar-refractivity contribution in [2.24, 2.45) is 0 Å². The van der Waals surface area contributed by atoms with Gasteiger partial charge in [0.2, 0.25) is 0 Å². The molecule has 0 aliphatic carbocycles. The van der Waals surface area contributed by atoms with Crippen LogP contribution in [0.15, 0.2) is 54.6 Å². The number of nitrogens with one attached hydrogen (secondary N) is 1. The maximum atomic E-state index is 5.89. The summed E-state index contributed by atoms with van der Waals surface area (Å²) in [5.74, 6) is 0.965. The Balaban J connectivity index is 1.68. The summed E-state index contributed by atoms with van der Waals surface area (Å²) in [5.41, 5.74) is 2.57. The van der Waals surface area contributed by atoms with Crippen LogP contribution in [0.25, 0.3) is 0 Å². The molecule has 1 N–H and O–H groups in total. The summed E-state index contributed by atoms with van der Waals surface area (Å²) >= 11 is 0. The van der Waals surface area contributed by atoms with Gasteiger partial charge in [0.05, 0.1) is 0 Å². The molecular weight excluding hydrogens is 282 g/mol. The number of benzene rings is 2. The van der Waals surface area contributed by atoms with Gasteiger partial charge in [0, 0.05) is 0 Å². The zero-order chi connectivity index (χ0) is 16.2. The average Bonchev–Trinajstić information content (AvgIpc) is 2.60. The van der Waals surface area contributed by atoms with E-state index in [-0.39, 0.29) is 0 Å². The fourth-order valence-corrected chi connectivity index (χ4v) is 2.54. The van der Waals surface area contributed by atoms with Crippen LogP contribution in [0.2, 0.25) is 0 Å². The van der Waals surface area contributed by atoms with Crippen molar-refractivity contribution in [3.63, 3.8) is 0 Å². The number of rotatable bonds is 11. The highest BCUT2D eigenvalue weighted by atomic mass is 16.5. The third-order valence-corrected chi connectivity index (χ3v) is 3.92. The number of hydrogen-bond acceptors (Lipinski definition) is 2. The van der Waals surface area contributed by atoms with E-state index in [1.807, 2.05) is 24.3 Å². The fourth-order valence-electron chi connectivity index (χ4n) is 2.54. The van der Waals surface area contributed by atoms with Crippen LogP contribution in [0.1, 0.15) is 43.7 Å². The highest BCUT2D eigenvalue weighted by Gasteiger charge is 1.99. The summed E-state index contributed by atoms with van der Waals surface area (Å²) in [6.07, 6.45) is 6.13. The Morgan fingerprint density at radius 2 is 1.61 bits per heavy atom. The largest absolute Gasteiger partial charge is 0.489 e. The van der Waals surface area contributed by atoms with E-state index in [1.165, 1.54) is 36.8 Å². The minimum Gasteiger partial charge on any atom is -0.489 e. The third-order valence-electron chi connectivity index (χ3n) is 3.92. The quantitative estimate of drug-likeness (QED) is 0.591. The van der Waals surface area contributed by atoms with Gasteiger partial charge in [-0.15, -0.1) is 0 Å². The lowest BCUT2D eigenvalue weighted by Crippen LogP contribution is -2.16. The van der Waals surface area contributed by atoms with E-state index in [1.54, 1.807) is 0 Å². The molecule has 0 aliphatic heterocycles. The molecule has 0 heterocycles. The van der Waals surface area contributed by atoms with E-state index in [0.29, 0.717) is 6.61 Å². The van der Waals surface area contributed by atoms with E-state index < -0.39 is 0 Å². The second kappa shape index (κ2) is 10.8. The lowest BCUT2D eigenvalue weighted by atomic mass is 10.1. The van der Waals surface area contributed by atoms with E-state index in [4.69, 9.17) is 4.74 Å². The minimum atomic E-state index is 0.631. The van der Waals surface area contributed by atoms with Gasteiger partial charge in [0.1, 0.15) is 12.4 Å². The number of unbranched alkanes of at least 4 members (excludes halogenated alkanes) is 2. The lowest BCUT2D eigenvalue weighted by molar-refractivity contribution is 0.306. The first-order valence-electron chi connectivity index (χ1n) is 8.85. The molecule has 23 heavy (non-hydrogen) atoms. The highest BCUT2D eigenvalue weighted by molar-refractivity contribution is 5.29. The Hall–Kier alpha value is -1.80. The Labute approximate surface area is 140 Å². The van der Waals surface area contributed by atoms with Gasteiger partial charge in [0.25, 0.3) is 0 Å². The maximum Gasteiger partial charge on any atom is 0.120 e. The van der Waals surface area contributed by atoms with Crippen LogP contribution in [0.4, 0.5) is 0 Å². The molecule has 2 aromatic rings. The van der Waals surface area contributed by atoms with Gasteiger partial charge in [0.15, 0.2) is 0 Å². The van der Waals surface area contributed by atoms with Crippen LogP contribution in [0, 0.1) is 0 Å². The summed E-state index contributed by atoms with van der Waals surface area (Å²) in [4.78, 5) is 0. The molecular formula is C21H29NO. The standard InChI is InChI=1S/C21H29NO/c1-2-3-15-22-16-8-7-10-19-13-9-14-21(17-19)23-18-20-11-5-4-6-12-20/h4-6,9,11-14,17,22H,2-3,7-8,10,15-16,18H2,1H3. The Morgan fingerprint density at radius 1 is 0.826 bits per heavy atom. The average molecular weight is 311 g/mol. The summed E-state index contributed by atoms with van der Waals surface area (Å²) in [6, 6.07) is 18.8. The van der Waals surface area contributed by atoms with Crippen molar-refractivity contribution >= 4 is 0 Å². The lowest BCUT2D eigenvalue weighted by Gasteiger charge is -2.08. The van der Waals surface area contributed by atoms with Gasteiger partial charge in [-0.05, 0) is 62.0 Å². The molecule has 124 valence electrons. The summed E-state index contributed by atoms with van der Waals surface area (Å²) in [7, 11) is 0. The van der Waals surface area contributed by atoms with Crippen molar-refractivity contribution in [3.8, 4) is 5.75 Å². The maximum absolute atomic E-state index is 5.89. The van der Waals surface area contributed by atoms with Crippen molar-refractivity contribution < 1.29 is 4.74 Å². The van der Waals surface area contributed by atoms with Crippen LogP contribution in [-0.4, -0.2) is 13.1 Å². The molecule has 2 rings (SSSR count). The smallest absolute Gasteiger partial charge is 0.120 e. The molecule has 0 spiro atoms. The highest BCUT2D eigenvalue weighted by Crippen LogP contribution is 2.16. The van der Waals surface area contributed by atoms with Gasteiger partial charge in [-0.2, -0.15) is 0 Å². The topological polar surface area (TPSA) is 21.3 Å². The van der Waals surface area contributed by atoms with Gasteiger partial charge < -0.3 is 10.1 Å². The summed E-state index contributed by atoms with van der Waals surface area (Å²) in [6.45, 7) is 5.14. The molecule has 0 saturated heterocycles. The summed E-state index contributed by atoms with van der Waals surface area (Å²) < 4.78 is 5.89. The Kier molecular flexibility index (Phi) is 8.28. The normalized spacial score (nSPS) is 10.7. The molecule has 2 heteroatoms. The van der Waals surface area contributed by atoms with Gasteiger partial charge in [-0.3, -0.25) is 0 Å². The zero-order valence-corrected chi connectivity index (χ0v) is 14.3. The predicted molar refractivity (Wildman–Crippen MR) is 97.9 cm³/mol. The predicted octanol–water partition coefficient (Wildman–Crippen LogP) is 4.98. The van der Waals surface area contributed by atoms with Crippen LogP contribution >= 0.6 is 0 Å². The molecule has 0 aromatic heterocycles. The Morgan fingerprint density at radius 3 is 2.43 bits per heavy atom. The molecule has 0 unspecified atom stereocenters. The molecule has 0 radical (unpaired) electrons. The van der Waals surface area contributed by atoms with Crippen LogP contribution in [-0.2, 0) is 13.0 Å². The molecule has 0 aliphatic rings. The van der Waals surface area contributed by atoms with Crippen LogP contribution < -0.4 is 10.1 Å². The fraction of sp³-hybridized carbons (Fsp3) is 0.429. The second-order valence-electron chi connectivity index (χ2n) is 5.98. The van der Waals surface area contributed by atoms with Crippen molar-refractivity contribution in [2.75, 3.05) is 13.1 Å². The second-order valence-corrected chi connectivity index (χ2v) is 5.98. The van der Waals surface area contributed by atoms with E-state index >= 15 is 0 Å². The monoisotopic (exact) mass is 311 g/mol. The minimum absolute atomic E-state index is 0.631. The van der Waals surface area contributed by atoms with Crippen molar-refractivity contribution in [1.82, 2.24) is 5.32 Å². The first kappa shape index (κ1) is 17.6. The molecule has 0 amide bonds. The first-order chi connectivity index (χ1) is 11.4. The Bertz CT molecular complexity index is 539. The first-order valence-corrected chi connectivity index (χ1v) is 8.85. The van der Waals surface area contributed by atoms with E-state index in [9.17, 15) is 0 Å². The van der Waals surface area contributed by atoms with E-state index in [2.05, 4.69) is 42.6 Å². The van der Waals surface area contributed by atoms with Gasteiger partial charge >= 0.3 is 0 Å². The SMILES string of the molecule is CCCCNCCCCc1cccc(OCc2ccccc2)c1. The number of ether oxygens (including phenoxy) is 1. The van der Waals surface area contributed by atoms with E-state index in [0.717, 1.165) is 25.3 Å². The molecule has 0 bridgehead atoms. The van der Waals surface area contributed by atoms with Gasteiger partial charge in [-0.1, -0.05) is 55.8 Å². The van der Waals surface area contributed by atoms with Crippen LogP contribution in [0.5, 0.6) is 5.75 Å². The molecule has 0 saturated carbocycles. The van der Waals surface area contributed by atoms with Crippen molar-refractivity contribution in [3.05, 3.63) is 65.7 Å².